The van der Waals surface area contributed by atoms with E-state index >= 15 is 0 Å². The highest BCUT2D eigenvalue weighted by molar-refractivity contribution is 7.51. The quantitative estimate of drug-likeness (QED) is 0.472. The van der Waals surface area contributed by atoms with Crippen LogP contribution in [0.2, 0.25) is 0 Å². The number of nitrogens with zero attached hydrogens (tertiary/aromatic N) is 2. The largest absolute Gasteiger partial charge is 0.423 e. The minimum atomic E-state index is -3.09. The molecule has 0 N–H and O–H groups in total. The van der Waals surface area contributed by atoms with Gasteiger partial charge in [-0.05, 0) is 26.7 Å². The van der Waals surface area contributed by atoms with Crippen molar-refractivity contribution in [2.75, 3.05) is 19.8 Å². The summed E-state index contributed by atoms with van der Waals surface area (Å²) in [4.78, 5) is 0. The van der Waals surface area contributed by atoms with Gasteiger partial charge in [-0.3, -0.25) is 9.05 Å². The topological polar surface area (TPSA) is 41.5 Å². The lowest BCUT2D eigenvalue weighted by molar-refractivity contribution is 0.177. The molecule has 6 heteroatoms. The van der Waals surface area contributed by atoms with Crippen LogP contribution in [-0.4, -0.2) is 35.7 Å². The van der Waals surface area contributed by atoms with Crippen LogP contribution in [0.3, 0.4) is 0 Å². The Morgan fingerprint density at radius 1 is 1.12 bits per heavy atom. The molecule has 3 unspecified atom stereocenters. The highest BCUT2D eigenvalue weighted by Crippen LogP contribution is 2.61. The van der Waals surface area contributed by atoms with E-state index in [9.17, 15) is 4.57 Å². The van der Waals surface area contributed by atoms with Gasteiger partial charge >= 0.3 is 7.75 Å². The van der Waals surface area contributed by atoms with Gasteiger partial charge in [0.1, 0.15) is 6.17 Å². The lowest BCUT2D eigenvalue weighted by atomic mass is 10.3. The van der Waals surface area contributed by atoms with Crippen molar-refractivity contribution in [1.82, 2.24) is 9.79 Å². The Bertz CT molecular complexity index is 265. The predicted octanol–water partition coefficient (Wildman–Crippen LogP) is 3.24. The third-order valence-corrected chi connectivity index (χ3v) is 4.93. The van der Waals surface area contributed by atoms with Crippen LogP contribution < -0.4 is 0 Å². The second-order valence-electron chi connectivity index (χ2n) is 4.03. The number of hydrogen-bond donors (Lipinski definition) is 0. The standard InChI is InChI=1S/C11H25N2O3P/c1-5-9-10-12-11(6-2)13(12)17(14,15-7-3)16-8-4/h11H,5-10H2,1-4H3. The third kappa shape index (κ3) is 3.52. The fourth-order valence-corrected chi connectivity index (χ4v) is 3.99. The molecule has 0 saturated carbocycles. The average molecular weight is 264 g/mol. The van der Waals surface area contributed by atoms with Crippen LogP contribution >= 0.6 is 7.75 Å². The molecule has 102 valence electrons. The van der Waals surface area contributed by atoms with E-state index in [0.717, 1.165) is 25.8 Å². The molecule has 0 spiro atoms. The van der Waals surface area contributed by atoms with Crippen molar-refractivity contribution >= 4 is 7.75 Å². The molecular formula is C11H25N2O3P. The average Bonchev–Trinajstić information content (AvgIpc) is 3.01. The van der Waals surface area contributed by atoms with Gasteiger partial charge in [0, 0.05) is 6.54 Å². The Morgan fingerprint density at radius 2 is 1.71 bits per heavy atom. The van der Waals surface area contributed by atoms with Crippen LogP contribution in [0.4, 0.5) is 0 Å². The summed E-state index contributed by atoms with van der Waals surface area (Å²) in [5.41, 5.74) is 0. The highest BCUT2D eigenvalue weighted by Gasteiger charge is 2.56. The molecular weight excluding hydrogens is 239 g/mol. The molecule has 1 heterocycles. The fraction of sp³-hybridized carbons (Fsp3) is 1.00. The van der Waals surface area contributed by atoms with Gasteiger partial charge in [0.15, 0.2) is 0 Å². The molecule has 1 saturated heterocycles. The van der Waals surface area contributed by atoms with Crippen molar-refractivity contribution in [3.63, 3.8) is 0 Å². The summed E-state index contributed by atoms with van der Waals surface area (Å²) in [6.45, 7) is 9.67. The van der Waals surface area contributed by atoms with Gasteiger partial charge in [0.25, 0.3) is 0 Å². The molecule has 1 aliphatic rings. The molecule has 17 heavy (non-hydrogen) atoms. The fourth-order valence-electron chi connectivity index (χ4n) is 1.97. The molecule has 1 aliphatic heterocycles. The molecule has 1 fully saturated rings. The van der Waals surface area contributed by atoms with E-state index in [0.29, 0.717) is 13.2 Å². The van der Waals surface area contributed by atoms with Crippen LogP contribution in [0.5, 0.6) is 0 Å². The van der Waals surface area contributed by atoms with E-state index in [4.69, 9.17) is 9.05 Å². The maximum Gasteiger partial charge on any atom is 0.423 e. The Morgan fingerprint density at radius 3 is 2.12 bits per heavy atom. The minimum absolute atomic E-state index is 0.213. The lowest BCUT2D eigenvalue weighted by Crippen LogP contribution is -2.10. The number of unbranched alkanes of at least 4 members (excludes halogenated alkanes) is 1. The van der Waals surface area contributed by atoms with Gasteiger partial charge in [-0.2, -0.15) is 0 Å². The van der Waals surface area contributed by atoms with E-state index in [2.05, 4.69) is 18.9 Å². The van der Waals surface area contributed by atoms with E-state index < -0.39 is 7.75 Å². The molecule has 5 nitrogen and oxygen atoms in total. The molecule has 0 bridgehead atoms. The van der Waals surface area contributed by atoms with Crippen LogP contribution in [0.25, 0.3) is 0 Å². The lowest BCUT2D eigenvalue weighted by Gasteiger charge is -2.17. The van der Waals surface area contributed by atoms with Crippen molar-refractivity contribution in [2.45, 2.75) is 53.1 Å². The van der Waals surface area contributed by atoms with E-state index in [1.54, 1.807) is 4.78 Å². The summed E-state index contributed by atoms with van der Waals surface area (Å²) >= 11 is 0. The number of hydrazine groups is 1. The van der Waals surface area contributed by atoms with Gasteiger partial charge in [-0.1, -0.05) is 20.3 Å². The first-order valence-corrected chi connectivity index (χ1v) is 8.09. The monoisotopic (exact) mass is 264 g/mol. The van der Waals surface area contributed by atoms with E-state index in [1.165, 1.54) is 0 Å². The van der Waals surface area contributed by atoms with Gasteiger partial charge < -0.3 is 0 Å². The maximum absolute atomic E-state index is 12.6. The Kier molecular flexibility index (Phi) is 6.10. The molecule has 0 radical (unpaired) electrons. The molecule has 0 aromatic carbocycles. The Labute approximate surface area is 105 Å². The smallest absolute Gasteiger partial charge is 0.296 e. The molecule has 1 rings (SSSR count). The SMILES string of the molecule is CCCCN1C(CC)N1P(=O)(OCC)OCC. The summed E-state index contributed by atoms with van der Waals surface area (Å²) in [6, 6.07) is 0. The molecule has 0 aromatic rings. The normalized spacial score (nSPS) is 28.4. The van der Waals surface area contributed by atoms with Crippen molar-refractivity contribution in [3.05, 3.63) is 0 Å². The first-order chi connectivity index (χ1) is 8.14. The van der Waals surface area contributed by atoms with Gasteiger partial charge in [-0.25, -0.2) is 9.57 Å². The van der Waals surface area contributed by atoms with E-state index in [-0.39, 0.29) is 6.17 Å². The Balaban J connectivity index is 2.64. The van der Waals surface area contributed by atoms with Gasteiger partial charge in [0.05, 0.1) is 13.2 Å². The minimum Gasteiger partial charge on any atom is -0.296 e. The summed E-state index contributed by atoms with van der Waals surface area (Å²) in [7, 11) is -3.09. The zero-order chi connectivity index (χ0) is 12.9. The van der Waals surface area contributed by atoms with Crippen LogP contribution in [0, 0.1) is 0 Å². The first-order valence-electron chi connectivity index (χ1n) is 6.59. The summed E-state index contributed by atoms with van der Waals surface area (Å²) < 4.78 is 25.1. The number of hydrogen-bond acceptors (Lipinski definition) is 4. The van der Waals surface area contributed by atoms with Crippen molar-refractivity contribution in [1.29, 1.82) is 0 Å². The van der Waals surface area contributed by atoms with Crippen molar-refractivity contribution in [3.8, 4) is 0 Å². The molecule has 3 atom stereocenters. The van der Waals surface area contributed by atoms with Crippen LogP contribution in [-0.2, 0) is 13.6 Å². The molecule has 0 aliphatic carbocycles. The highest BCUT2D eigenvalue weighted by atomic mass is 31.2. The molecule has 0 aromatic heterocycles. The van der Waals surface area contributed by atoms with Crippen molar-refractivity contribution in [2.24, 2.45) is 0 Å². The maximum atomic E-state index is 12.6. The van der Waals surface area contributed by atoms with Gasteiger partial charge in [-0.15, -0.1) is 4.78 Å². The zero-order valence-corrected chi connectivity index (χ0v) is 12.3. The van der Waals surface area contributed by atoms with Crippen LogP contribution in [0.15, 0.2) is 0 Å². The second kappa shape index (κ2) is 6.86. The summed E-state index contributed by atoms with van der Waals surface area (Å²) in [5.74, 6) is 0. The van der Waals surface area contributed by atoms with Gasteiger partial charge in [0.2, 0.25) is 0 Å². The van der Waals surface area contributed by atoms with Crippen molar-refractivity contribution < 1.29 is 13.6 Å². The summed E-state index contributed by atoms with van der Waals surface area (Å²) in [5, 5.41) is 2.11. The second-order valence-corrected chi connectivity index (χ2v) is 5.89. The molecule has 0 amide bonds. The summed E-state index contributed by atoms with van der Waals surface area (Å²) in [6.07, 6.45) is 3.39. The zero-order valence-electron chi connectivity index (χ0n) is 11.4. The van der Waals surface area contributed by atoms with Crippen LogP contribution in [0.1, 0.15) is 47.0 Å². The van der Waals surface area contributed by atoms with E-state index in [1.807, 2.05) is 13.8 Å². The predicted molar refractivity (Wildman–Crippen MR) is 68.4 cm³/mol. The third-order valence-electron chi connectivity index (χ3n) is 2.76. The Hall–Kier alpha value is 0.0700. The number of rotatable bonds is 9. The first kappa shape index (κ1) is 15.1.